The number of carbonyl (C=O) groups excluding carboxylic acids is 1. The first-order chi connectivity index (χ1) is 9.42. The van der Waals surface area contributed by atoms with E-state index in [1.807, 2.05) is 25.8 Å². The minimum Gasteiger partial charge on any atom is -0.395 e. The summed E-state index contributed by atoms with van der Waals surface area (Å²) in [6.45, 7) is 6.34. The summed E-state index contributed by atoms with van der Waals surface area (Å²) in [5.41, 5.74) is 6.00. The monoisotopic (exact) mass is 288 g/mol. The highest BCUT2D eigenvalue weighted by atomic mass is 16.7. The van der Waals surface area contributed by atoms with Gasteiger partial charge in [0, 0.05) is 24.6 Å². The van der Waals surface area contributed by atoms with Crippen molar-refractivity contribution in [1.29, 1.82) is 0 Å². The van der Waals surface area contributed by atoms with Crippen LogP contribution in [0.2, 0.25) is 0 Å². The van der Waals surface area contributed by atoms with E-state index in [0.29, 0.717) is 19.6 Å². The molecule has 1 fully saturated rings. The summed E-state index contributed by atoms with van der Waals surface area (Å²) < 4.78 is 11.0. The molecule has 0 aromatic heterocycles. The largest absolute Gasteiger partial charge is 0.395 e. The molecule has 0 aliphatic carbocycles. The van der Waals surface area contributed by atoms with Crippen LogP contribution in [0.4, 0.5) is 0 Å². The van der Waals surface area contributed by atoms with Gasteiger partial charge in [0.05, 0.1) is 19.3 Å². The Labute approximate surface area is 121 Å². The van der Waals surface area contributed by atoms with Gasteiger partial charge in [-0.05, 0) is 34.2 Å². The van der Waals surface area contributed by atoms with Crippen LogP contribution < -0.4 is 5.73 Å². The fourth-order valence-corrected chi connectivity index (χ4v) is 3.05. The Morgan fingerprint density at radius 1 is 1.50 bits per heavy atom. The second kappa shape index (κ2) is 8.05. The Morgan fingerprint density at radius 3 is 2.65 bits per heavy atom. The summed E-state index contributed by atoms with van der Waals surface area (Å²) in [5.74, 6) is 0.252. The van der Waals surface area contributed by atoms with Crippen molar-refractivity contribution in [3.8, 4) is 0 Å². The van der Waals surface area contributed by atoms with Crippen molar-refractivity contribution in [2.24, 2.45) is 11.7 Å². The van der Waals surface area contributed by atoms with Gasteiger partial charge in [0.1, 0.15) is 5.78 Å². The van der Waals surface area contributed by atoms with Gasteiger partial charge in [-0.2, -0.15) is 0 Å². The number of nitrogens with two attached hydrogens (primary N) is 1. The number of likely N-dealkylation sites (N-methyl/N-ethyl adjacent to an activating group) is 1. The fraction of sp³-hybridized carbons (Fsp3) is 0.929. The number of ether oxygens (including phenoxy) is 2. The number of Topliss-reactive ketones (excluding diaryl/α,β-unsaturated/α-hetero) is 1. The van der Waals surface area contributed by atoms with Crippen LogP contribution in [0, 0.1) is 5.92 Å². The SMILES string of the molecule is CCOC(C)OC[C@@H]1C[C@H](C(C)=O)N(C)[C@H]1C(N)CO. The lowest BCUT2D eigenvalue weighted by Gasteiger charge is -2.31. The lowest BCUT2D eigenvalue weighted by atomic mass is 9.94. The van der Waals surface area contributed by atoms with Gasteiger partial charge in [0.2, 0.25) is 0 Å². The molecular formula is C14H28N2O4. The highest BCUT2D eigenvalue weighted by Crippen LogP contribution is 2.31. The molecule has 0 spiro atoms. The van der Waals surface area contributed by atoms with Gasteiger partial charge in [-0.25, -0.2) is 0 Å². The van der Waals surface area contributed by atoms with E-state index < -0.39 is 0 Å². The summed E-state index contributed by atoms with van der Waals surface area (Å²) in [6, 6.07) is -0.573. The van der Waals surface area contributed by atoms with E-state index in [1.54, 1.807) is 6.92 Å². The zero-order valence-electron chi connectivity index (χ0n) is 12.9. The lowest BCUT2D eigenvalue weighted by molar-refractivity contribution is -0.137. The number of likely N-dealkylation sites (tertiary alicyclic amines) is 1. The highest BCUT2D eigenvalue weighted by Gasteiger charge is 2.43. The number of carbonyl (C=O) groups is 1. The number of aliphatic hydroxyl groups is 1. The fourth-order valence-electron chi connectivity index (χ4n) is 3.05. The van der Waals surface area contributed by atoms with Gasteiger partial charge >= 0.3 is 0 Å². The van der Waals surface area contributed by atoms with Crippen LogP contribution in [0.15, 0.2) is 0 Å². The molecule has 0 amide bonds. The van der Waals surface area contributed by atoms with Gasteiger partial charge in [-0.15, -0.1) is 0 Å². The molecule has 1 aliphatic rings. The van der Waals surface area contributed by atoms with Gasteiger partial charge in [-0.1, -0.05) is 0 Å². The Bertz CT molecular complexity index is 314. The molecular weight excluding hydrogens is 260 g/mol. The summed E-state index contributed by atoms with van der Waals surface area (Å²) in [6.07, 6.45) is 0.441. The lowest BCUT2D eigenvalue weighted by Crippen LogP contribution is -2.50. The van der Waals surface area contributed by atoms with Crippen molar-refractivity contribution in [1.82, 2.24) is 4.90 Å². The first-order valence-electron chi connectivity index (χ1n) is 7.24. The van der Waals surface area contributed by atoms with Crippen LogP contribution in [0.5, 0.6) is 0 Å². The van der Waals surface area contributed by atoms with Crippen LogP contribution in [0.1, 0.15) is 27.2 Å². The van der Waals surface area contributed by atoms with Crippen molar-refractivity contribution in [3.63, 3.8) is 0 Å². The standard InChI is InChI=1S/C14H28N2O4/c1-5-19-10(3)20-8-11-6-13(9(2)18)16(4)14(11)12(15)7-17/h10-14,17H,5-8,15H2,1-4H3/t10?,11-,12?,13+,14+/m0/s1. The van der Waals surface area contributed by atoms with Crippen LogP contribution >= 0.6 is 0 Å². The third kappa shape index (κ3) is 4.23. The van der Waals surface area contributed by atoms with E-state index in [-0.39, 0.29) is 42.7 Å². The zero-order valence-corrected chi connectivity index (χ0v) is 12.9. The van der Waals surface area contributed by atoms with E-state index in [2.05, 4.69) is 0 Å². The van der Waals surface area contributed by atoms with E-state index >= 15 is 0 Å². The number of nitrogens with zero attached hydrogens (tertiary/aromatic N) is 1. The van der Waals surface area contributed by atoms with Crippen LogP contribution in [0.3, 0.4) is 0 Å². The van der Waals surface area contributed by atoms with Crippen molar-refractivity contribution in [3.05, 3.63) is 0 Å². The second-order valence-corrected chi connectivity index (χ2v) is 5.48. The Morgan fingerprint density at radius 2 is 2.15 bits per heavy atom. The maximum absolute atomic E-state index is 11.7. The molecule has 1 aliphatic heterocycles. The summed E-state index contributed by atoms with van der Waals surface area (Å²) in [5, 5.41) is 9.32. The molecule has 5 atom stereocenters. The van der Waals surface area contributed by atoms with Crippen molar-refractivity contribution in [2.75, 3.05) is 26.9 Å². The first kappa shape index (κ1) is 17.5. The number of aliphatic hydroxyl groups excluding tert-OH is 1. The molecule has 1 heterocycles. The molecule has 1 rings (SSSR count). The van der Waals surface area contributed by atoms with Crippen LogP contribution in [-0.4, -0.2) is 67.1 Å². The number of hydrogen-bond donors (Lipinski definition) is 2. The van der Waals surface area contributed by atoms with Crippen LogP contribution in [0.25, 0.3) is 0 Å². The average molecular weight is 288 g/mol. The normalized spacial score (nSPS) is 30.4. The third-order valence-corrected chi connectivity index (χ3v) is 4.04. The molecule has 0 aromatic rings. The Kier molecular flexibility index (Phi) is 7.05. The molecule has 20 heavy (non-hydrogen) atoms. The molecule has 0 saturated carbocycles. The maximum atomic E-state index is 11.7. The number of hydrogen-bond acceptors (Lipinski definition) is 6. The van der Waals surface area contributed by atoms with Gasteiger partial charge in [0.15, 0.2) is 6.29 Å². The molecule has 2 unspecified atom stereocenters. The summed E-state index contributed by atoms with van der Waals surface area (Å²) in [7, 11) is 1.89. The van der Waals surface area contributed by atoms with Crippen molar-refractivity contribution < 1.29 is 19.4 Å². The third-order valence-electron chi connectivity index (χ3n) is 4.04. The van der Waals surface area contributed by atoms with E-state index in [1.165, 1.54) is 0 Å². The molecule has 0 radical (unpaired) electrons. The minimum atomic E-state index is -0.375. The van der Waals surface area contributed by atoms with E-state index in [9.17, 15) is 9.90 Å². The van der Waals surface area contributed by atoms with Gasteiger partial charge in [0.25, 0.3) is 0 Å². The molecule has 6 heteroatoms. The molecule has 6 nitrogen and oxygen atoms in total. The smallest absolute Gasteiger partial charge is 0.154 e. The Balaban J connectivity index is 2.68. The van der Waals surface area contributed by atoms with E-state index in [4.69, 9.17) is 15.2 Å². The van der Waals surface area contributed by atoms with Crippen LogP contribution in [-0.2, 0) is 14.3 Å². The zero-order chi connectivity index (χ0) is 15.3. The molecule has 1 saturated heterocycles. The maximum Gasteiger partial charge on any atom is 0.154 e. The topological polar surface area (TPSA) is 85.0 Å². The van der Waals surface area contributed by atoms with Gasteiger partial charge in [-0.3, -0.25) is 9.69 Å². The van der Waals surface area contributed by atoms with E-state index in [0.717, 1.165) is 0 Å². The quantitative estimate of drug-likeness (QED) is 0.611. The first-order valence-corrected chi connectivity index (χ1v) is 7.24. The predicted octanol–water partition coefficient (Wildman–Crippen LogP) is -0.0170. The van der Waals surface area contributed by atoms with Crippen molar-refractivity contribution >= 4 is 5.78 Å². The number of ketones is 1. The van der Waals surface area contributed by atoms with Gasteiger partial charge < -0.3 is 20.3 Å². The average Bonchev–Trinajstić information content (AvgIpc) is 2.73. The Hall–Kier alpha value is -0.530. The second-order valence-electron chi connectivity index (χ2n) is 5.48. The molecule has 3 N–H and O–H groups in total. The van der Waals surface area contributed by atoms with Crippen molar-refractivity contribution in [2.45, 2.75) is 51.6 Å². The highest BCUT2D eigenvalue weighted by molar-refractivity contribution is 5.81. The number of rotatable bonds is 8. The minimum absolute atomic E-state index is 0.0530. The molecule has 0 aromatic carbocycles. The summed E-state index contributed by atoms with van der Waals surface area (Å²) >= 11 is 0. The molecule has 118 valence electrons. The summed E-state index contributed by atoms with van der Waals surface area (Å²) in [4.78, 5) is 13.7. The predicted molar refractivity (Wildman–Crippen MR) is 76.2 cm³/mol. The molecule has 0 bridgehead atoms.